The van der Waals surface area contributed by atoms with E-state index in [9.17, 15) is 13.2 Å². The van der Waals surface area contributed by atoms with Crippen LogP contribution in [0, 0.1) is 6.92 Å². The molecule has 1 N–H and O–H groups in total. The summed E-state index contributed by atoms with van der Waals surface area (Å²) in [7, 11) is 0. The van der Waals surface area contributed by atoms with E-state index in [1.807, 2.05) is 12.1 Å². The molecule has 2 rings (SSSR count). The van der Waals surface area contributed by atoms with Gasteiger partial charge in [0, 0.05) is 19.7 Å². The van der Waals surface area contributed by atoms with Crippen molar-refractivity contribution in [3.05, 3.63) is 58.6 Å². The summed E-state index contributed by atoms with van der Waals surface area (Å²) in [6.07, 6.45) is -1.56. The van der Waals surface area contributed by atoms with E-state index >= 15 is 0 Å². The Labute approximate surface area is 172 Å². The first-order valence-electron chi connectivity index (χ1n) is 8.99. The molecule has 0 aliphatic rings. The fourth-order valence-electron chi connectivity index (χ4n) is 2.36. The van der Waals surface area contributed by atoms with E-state index in [0.717, 1.165) is 18.2 Å². The summed E-state index contributed by atoms with van der Waals surface area (Å²) >= 11 is 6.14. The molecule has 9 heteroatoms. The Hall–Kier alpha value is -2.61. The number of nitrogens with zero attached hydrogens (tertiary/aromatic N) is 3. The first-order valence-corrected chi connectivity index (χ1v) is 9.37. The van der Waals surface area contributed by atoms with Gasteiger partial charge < -0.3 is 10.1 Å². The molecule has 29 heavy (non-hydrogen) atoms. The fraction of sp³-hybridized carbons (Fsp3) is 0.350. The minimum Gasteiger partial charge on any atom is -0.443 e. The van der Waals surface area contributed by atoms with Crippen molar-refractivity contribution in [2.24, 2.45) is 4.99 Å². The predicted molar refractivity (Wildman–Crippen MR) is 109 cm³/mol. The highest BCUT2D eigenvalue weighted by atomic mass is 35.5. The average Bonchev–Trinajstić information content (AvgIpc) is 2.66. The van der Waals surface area contributed by atoms with Crippen LogP contribution < -0.4 is 10.1 Å². The molecule has 0 aliphatic carbocycles. The number of aromatic nitrogens is 2. The maximum absolute atomic E-state index is 12.7. The molecule has 0 atom stereocenters. The van der Waals surface area contributed by atoms with Gasteiger partial charge in [0.15, 0.2) is 5.90 Å². The maximum atomic E-state index is 12.7. The molecule has 0 aliphatic heterocycles. The molecule has 0 radical (unpaired) electrons. The normalized spacial score (nSPS) is 12.8. The number of halogens is 4. The van der Waals surface area contributed by atoms with Crippen LogP contribution in [0.25, 0.3) is 0 Å². The zero-order valence-electron chi connectivity index (χ0n) is 16.3. The molecule has 0 spiro atoms. The van der Waals surface area contributed by atoms with Gasteiger partial charge in [-0.2, -0.15) is 13.2 Å². The van der Waals surface area contributed by atoms with Crippen molar-refractivity contribution < 1.29 is 17.9 Å². The second-order valence-electron chi connectivity index (χ2n) is 6.20. The topological polar surface area (TPSA) is 59.4 Å². The Morgan fingerprint density at radius 2 is 1.93 bits per heavy atom. The van der Waals surface area contributed by atoms with E-state index in [2.05, 4.69) is 20.3 Å². The van der Waals surface area contributed by atoms with E-state index in [-0.39, 0.29) is 12.3 Å². The molecule has 0 fully saturated rings. The lowest BCUT2D eigenvalue weighted by atomic mass is 10.1. The maximum Gasteiger partial charge on any atom is 0.414 e. The predicted octanol–water partition coefficient (Wildman–Crippen LogP) is 5.75. The standard InChI is InChI=1S/C20H22ClF3N4O/c1-4-16(20(22,23)24)11-26-14(3)29-17-7-5-15(6-8-17)9-10-25-19-18(21)13(2)27-12-28-19/h5-8,11-12H,4,9-10H2,1-3H3,(H,25,27,28)/b16-11+,26-14+. The number of aliphatic imine (C=N–C) groups is 1. The lowest BCUT2D eigenvalue weighted by molar-refractivity contribution is -0.0937. The van der Waals surface area contributed by atoms with Crippen LogP contribution in [0.3, 0.4) is 0 Å². The summed E-state index contributed by atoms with van der Waals surface area (Å²) in [4.78, 5) is 11.9. The monoisotopic (exact) mass is 426 g/mol. The van der Waals surface area contributed by atoms with E-state index < -0.39 is 11.7 Å². The number of aryl methyl sites for hydroxylation is 1. The first kappa shape index (κ1) is 22.7. The van der Waals surface area contributed by atoms with E-state index in [0.29, 0.717) is 28.8 Å². The highest BCUT2D eigenvalue weighted by Crippen LogP contribution is 2.27. The van der Waals surface area contributed by atoms with E-state index in [1.54, 1.807) is 19.1 Å². The number of ether oxygens (including phenoxy) is 1. The van der Waals surface area contributed by atoms with Gasteiger partial charge in [0.05, 0.1) is 11.3 Å². The van der Waals surface area contributed by atoms with Gasteiger partial charge in [-0.25, -0.2) is 15.0 Å². The molecule has 1 heterocycles. The molecule has 156 valence electrons. The van der Waals surface area contributed by atoms with Gasteiger partial charge in [0.1, 0.15) is 22.9 Å². The molecule has 0 saturated heterocycles. The Kier molecular flexibility index (Phi) is 8.01. The number of rotatable bonds is 7. The molecule has 0 unspecified atom stereocenters. The van der Waals surface area contributed by atoms with Crippen molar-refractivity contribution in [1.82, 2.24) is 9.97 Å². The van der Waals surface area contributed by atoms with Gasteiger partial charge in [-0.1, -0.05) is 30.7 Å². The largest absolute Gasteiger partial charge is 0.443 e. The zero-order valence-corrected chi connectivity index (χ0v) is 17.1. The van der Waals surface area contributed by atoms with Crippen LogP contribution in [0.1, 0.15) is 31.5 Å². The SMILES string of the molecule is CC/C(=C\N=C(/C)Oc1ccc(CCNc2ncnc(C)c2Cl)cc1)C(F)(F)F. The number of alkyl halides is 3. The summed E-state index contributed by atoms with van der Waals surface area (Å²) in [5.41, 5.74) is 1.05. The number of allylic oxidation sites excluding steroid dienone is 1. The van der Waals surface area contributed by atoms with Crippen molar-refractivity contribution in [2.45, 2.75) is 39.8 Å². The van der Waals surface area contributed by atoms with Crippen LogP contribution in [0.2, 0.25) is 5.02 Å². The summed E-state index contributed by atoms with van der Waals surface area (Å²) < 4.78 is 43.6. The molecule has 0 bridgehead atoms. The van der Waals surface area contributed by atoms with Crippen LogP contribution in [0.4, 0.5) is 19.0 Å². The van der Waals surface area contributed by atoms with Gasteiger partial charge in [0.2, 0.25) is 0 Å². The lowest BCUT2D eigenvalue weighted by Crippen LogP contribution is -2.11. The summed E-state index contributed by atoms with van der Waals surface area (Å²) in [5.74, 6) is 1.21. The van der Waals surface area contributed by atoms with Crippen LogP contribution >= 0.6 is 11.6 Å². The van der Waals surface area contributed by atoms with Crippen molar-refractivity contribution in [3.8, 4) is 5.75 Å². The van der Waals surface area contributed by atoms with Crippen LogP contribution in [-0.2, 0) is 6.42 Å². The van der Waals surface area contributed by atoms with Crippen LogP contribution in [0.5, 0.6) is 5.75 Å². The van der Waals surface area contributed by atoms with E-state index in [4.69, 9.17) is 16.3 Å². The fourth-order valence-corrected chi connectivity index (χ4v) is 2.53. The van der Waals surface area contributed by atoms with Gasteiger partial charge in [-0.15, -0.1) is 0 Å². The van der Waals surface area contributed by atoms with Gasteiger partial charge in [-0.05, 0) is 37.5 Å². The quantitative estimate of drug-likeness (QED) is 0.452. The minimum absolute atomic E-state index is 0.128. The number of anilines is 1. The van der Waals surface area contributed by atoms with Gasteiger partial charge in [0.25, 0.3) is 0 Å². The minimum atomic E-state index is -4.39. The average molecular weight is 427 g/mol. The number of benzene rings is 1. The zero-order chi connectivity index (χ0) is 21.4. The lowest BCUT2D eigenvalue weighted by Gasteiger charge is -2.09. The van der Waals surface area contributed by atoms with Crippen molar-refractivity contribution in [1.29, 1.82) is 0 Å². The Morgan fingerprint density at radius 3 is 2.55 bits per heavy atom. The molecule has 2 aromatic rings. The molecule has 0 saturated carbocycles. The second kappa shape index (κ2) is 10.2. The highest BCUT2D eigenvalue weighted by Gasteiger charge is 2.31. The van der Waals surface area contributed by atoms with Crippen molar-refractivity contribution in [3.63, 3.8) is 0 Å². The Morgan fingerprint density at radius 1 is 1.24 bits per heavy atom. The van der Waals surface area contributed by atoms with Gasteiger partial charge >= 0.3 is 6.18 Å². The number of hydrogen-bond acceptors (Lipinski definition) is 5. The summed E-state index contributed by atoms with van der Waals surface area (Å²) in [6, 6.07) is 7.23. The number of nitrogens with one attached hydrogen (secondary N) is 1. The van der Waals surface area contributed by atoms with Crippen LogP contribution in [-0.4, -0.2) is 28.6 Å². The summed E-state index contributed by atoms with van der Waals surface area (Å²) in [6.45, 7) is 5.37. The molecule has 5 nitrogen and oxygen atoms in total. The third kappa shape index (κ3) is 7.05. The third-order valence-corrected chi connectivity index (χ3v) is 4.46. The molecular formula is C20H22ClF3N4O. The number of hydrogen-bond donors (Lipinski definition) is 1. The van der Waals surface area contributed by atoms with Crippen LogP contribution in [0.15, 0.2) is 47.4 Å². The van der Waals surface area contributed by atoms with Gasteiger partial charge in [-0.3, -0.25) is 0 Å². The molecular weight excluding hydrogens is 405 g/mol. The Bertz CT molecular complexity index is 880. The van der Waals surface area contributed by atoms with Crippen molar-refractivity contribution >= 4 is 23.3 Å². The Balaban J connectivity index is 1.90. The smallest absolute Gasteiger partial charge is 0.414 e. The molecule has 0 amide bonds. The second-order valence-corrected chi connectivity index (χ2v) is 6.58. The molecule has 1 aromatic carbocycles. The molecule has 1 aromatic heterocycles. The first-order chi connectivity index (χ1) is 13.7. The highest BCUT2D eigenvalue weighted by molar-refractivity contribution is 6.33. The summed E-state index contributed by atoms with van der Waals surface area (Å²) in [5, 5.41) is 3.66. The van der Waals surface area contributed by atoms with Crippen molar-refractivity contribution in [2.75, 3.05) is 11.9 Å². The van der Waals surface area contributed by atoms with E-state index in [1.165, 1.54) is 20.2 Å². The third-order valence-electron chi connectivity index (χ3n) is 4.01.